The van der Waals surface area contributed by atoms with Gasteiger partial charge in [0.25, 0.3) is 0 Å². The van der Waals surface area contributed by atoms with Crippen LogP contribution in [0.4, 0.5) is 11.6 Å². The highest BCUT2D eigenvalue weighted by Gasteiger charge is 2.04. The van der Waals surface area contributed by atoms with Gasteiger partial charge in [0.15, 0.2) is 5.82 Å². The first-order valence-electron chi connectivity index (χ1n) is 6.30. The highest BCUT2D eigenvalue weighted by molar-refractivity contribution is 5.47. The van der Waals surface area contributed by atoms with Gasteiger partial charge in [-0.2, -0.15) is 4.98 Å². The second-order valence-electron chi connectivity index (χ2n) is 4.06. The molecule has 2 aromatic heterocycles. The number of rotatable bonds is 6. The van der Waals surface area contributed by atoms with Crippen LogP contribution in [0.25, 0.3) is 0 Å². The third kappa shape index (κ3) is 3.64. The van der Waals surface area contributed by atoms with Crippen molar-refractivity contribution in [1.29, 1.82) is 0 Å². The molecule has 19 heavy (non-hydrogen) atoms. The minimum atomic E-state index is 0.586. The minimum absolute atomic E-state index is 0.586. The van der Waals surface area contributed by atoms with E-state index in [9.17, 15) is 0 Å². The Balaban J connectivity index is 1.95. The Morgan fingerprint density at radius 2 is 1.95 bits per heavy atom. The van der Waals surface area contributed by atoms with Gasteiger partial charge < -0.3 is 15.2 Å². The zero-order valence-corrected chi connectivity index (χ0v) is 11.4. The largest absolute Gasteiger partial charge is 0.373 e. The van der Waals surface area contributed by atoms with E-state index < -0.39 is 0 Å². The van der Waals surface area contributed by atoms with Gasteiger partial charge in [-0.15, -0.1) is 0 Å². The van der Waals surface area contributed by atoms with Crippen LogP contribution in [0, 0.1) is 6.92 Å². The molecule has 2 aromatic rings. The molecule has 2 heterocycles. The summed E-state index contributed by atoms with van der Waals surface area (Å²) in [4.78, 5) is 12.9. The molecule has 7 heteroatoms. The van der Waals surface area contributed by atoms with Gasteiger partial charge in [-0.05, 0) is 0 Å². The number of nitrogens with zero attached hydrogens (tertiary/aromatic N) is 4. The van der Waals surface area contributed by atoms with Gasteiger partial charge in [-0.1, -0.05) is 12.1 Å². The van der Waals surface area contributed by atoms with E-state index in [1.165, 1.54) is 0 Å². The lowest BCUT2D eigenvalue weighted by Gasteiger charge is -2.08. The molecular weight excluding hydrogens is 244 g/mol. The molecule has 0 aromatic carbocycles. The summed E-state index contributed by atoms with van der Waals surface area (Å²) >= 11 is 0. The van der Waals surface area contributed by atoms with E-state index in [1.807, 2.05) is 20.0 Å². The van der Waals surface area contributed by atoms with Crippen LogP contribution in [0.1, 0.15) is 24.5 Å². The summed E-state index contributed by atoms with van der Waals surface area (Å²) in [6.45, 7) is 4.50. The summed E-state index contributed by atoms with van der Waals surface area (Å²) in [5, 5.41) is 10.1. The van der Waals surface area contributed by atoms with Crippen LogP contribution in [-0.2, 0) is 12.8 Å². The number of aromatic nitrogens is 4. The average Bonchev–Trinajstić information content (AvgIpc) is 2.84. The van der Waals surface area contributed by atoms with Crippen molar-refractivity contribution >= 4 is 11.6 Å². The fourth-order valence-electron chi connectivity index (χ4n) is 1.62. The second kappa shape index (κ2) is 6.12. The zero-order valence-electron chi connectivity index (χ0n) is 11.4. The van der Waals surface area contributed by atoms with E-state index in [0.717, 1.165) is 23.9 Å². The molecular formula is C12H18N6O. The summed E-state index contributed by atoms with van der Waals surface area (Å²) < 4.78 is 4.92. The van der Waals surface area contributed by atoms with Crippen LogP contribution in [0.2, 0.25) is 0 Å². The Labute approximate surface area is 111 Å². The quantitative estimate of drug-likeness (QED) is 0.813. The minimum Gasteiger partial charge on any atom is -0.373 e. The Hall–Kier alpha value is -2.18. The Morgan fingerprint density at radius 3 is 2.58 bits per heavy atom. The molecule has 102 valence electrons. The highest BCUT2D eigenvalue weighted by Crippen LogP contribution is 2.11. The van der Waals surface area contributed by atoms with E-state index in [-0.39, 0.29) is 0 Å². The van der Waals surface area contributed by atoms with Crippen molar-refractivity contribution in [3.8, 4) is 0 Å². The number of anilines is 2. The zero-order chi connectivity index (χ0) is 13.7. The summed E-state index contributed by atoms with van der Waals surface area (Å²) in [7, 11) is 1.84. The smallest absolute Gasteiger partial charge is 0.223 e. The van der Waals surface area contributed by atoms with Gasteiger partial charge in [0, 0.05) is 39.4 Å². The number of aryl methyl sites for hydroxylation is 2. The molecule has 0 spiro atoms. The topological polar surface area (TPSA) is 88.8 Å². The van der Waals surface area contributed by atoms with Crippen molar-refractivity contribution < 1.29 is 4.52 Å². The van der Waals surface area contributed by atoms with Gasteiger partial charge in [0.05, 0.1) is 0 Å². The molecule has 0 atom stereocenters. The maximum Gasteiger partial charge on any atom is 0.223 e. The summed E-state index contributed by atoms with van der Waals surface area (Å²) in [6, 6.07) is 1.88. The third-order valence-electron chi connectivity index (χ3n) is 2.57. The lowest BCUT2D eigenvalue weighted by atomic mass is 10.4. The fraction of sp³-hybridized carbons (Fsp3) is 0.500. The maximum absolute atomic E-state index is 4.92. The van der Waals surface area contributed by atoms with E-state index in [2.05, 4.69) is 30.7 Å². The van der Waals surface area contributed by atoms with Gasteiger partial charge in [-0.3, -0.25) is 0 Å². The predicted octanol–water partition coefficient (Wildman–Crippen LogP) is 1.43. The number of hydrogen-bond donors (Lipinski definition) is 2. The van der Waals surface area contributed by atoms with Gasteiger partial charge in [-0.25, -0.2) is 9.97 Å². The molecule has 2 N–H and O–H groups in total. The van der Waals surface area contributed by atoms with Crippen LogP contribution in [-0.4, -0.2) is 33.7 Å². The number of hydrogen-bond acceptors (Lipinski definition) is 7. The SMILES string of the molecule is CCc1nc(NC)cc(NCCc2noc(C)n2)n1. The van der Waals surface area contributed by atoms with Crippen LogP contribution >= 0.6 is 0 Å². The maximum atomic E-state index is 4.92. The second-order valence-corrected chi connectivity index (χ2v) is 4.06. The van der Waals surface area contributed by atoms with Crippen molar-refractivity contribution in [3.63, 3.8) is 0 Å². The van der Waals surface area contributed by atoms with Crippen LogP contribution < -0.4 is 10.6 Å². The van der Waals surface area contributed by atoms with Crippen LogP contribution in [0.3, 0.4) is 0 Å². The molecule has 0 aliphatic carbocycles. The molecule has 2 rings (SSSR count). The Kier molecular flexibility index (Phi) is 4.27. The first-order chi connectivity index (χ1) is 9.21. The lowest BCUT2D eigenvalue weighted by Crippen LogP contribution is -2.10. The van der Waals surface area contributed by atoms with Crippen LogP contribution in [0.15, 0.2) is 10.6 Å². The summed E-state index contributed by atoms with van der Waals surface area (Å²) in [5.41, 5.74) is 0. The van der Waals surface area contributed by atoms with Crippen molar-refractivity contribution in [1.82, 2.24) is 20.1 Å². The monoisotopic (exact) mass is 262 g/mol. The van der Waals surface area contributed by atoms with Gasteiger partial charge >= 0.3 is 0 Å². The van der Waals surface area contributed by atoms with Crippen molar-refractivity contribution in [3.05, 3.63) is 23.6 Å². The predicted molar refractivity (Wildman–Crippen MR) is 72.2 cm³/mol. The molecule has 0 saturated heterocycles. The van der Waals surface area contributed by atoms with Crippen LogP contribution in [0.5, 0.6) is 0 Å². The molecule has 0 amide bonds. The van der Waals surface area contributed by atoms with E-state index in [0.29, 0.717) is 24.7 Å². The molecule has 0 aliphatic heterocycles. The van der Waals surface area contributed by atoms with E-state index in [4.69, 9.17) is 4.52 Å². The highest BCUT2D eigenvalue weighted by atomic mass is 16.5. The Morgan fingerprint density at radius 1 is 1.16 bits per heavy atom. The van der Waals surface area contributed by atoms with Crippen molar-refractivity contribution in [2.45, 2.75) is 26.7 Å². The third-order valence-corrected chi connectivity index (χ3v) is 2.57. The molecule has 0 radical (unpaired) electrons. The van der Waals surface area contributed by atoms with Gasteiger partial charge in [0.1, 0.15) is 17.5 Å². The molecule has 7 nitrogen and oxygen atoms in total. The number of nitrogens with one attached hydrogen (secondary N) is 2. The summed E-state index contributed by atoms with van der Waals surface area (Å²) in [6.07, 6.45) is 1.49. The first kappa shape index (κ1) is 13.3. The normalized spacial score (nSPS) is 10.5. The molecule has 0 aliphatic rings. The average molecular weight is 262 g/mol. The molecule has 0 fully saturated rings. The molecule has 0 bridgehead atoms. The van der Waals surface area contributed by atoms with E-state index in [1.54, 1.807) is 6.92 Å². The first-order valence-corrected chi connectivity index (χ1v) is 6.30. The van der Waals surface area contributed by atoms with Crippen molar-refractivity contribution in [2.24, 2.45) is 0 Å². The molecule has 0 unspecified atom stereocenters. The van der Waals surface area contributed by atoms with Gasteiger partial charge in [0.2, 0.25) is 5.89 Å². The molecule has 0 saturated carbocycles. The summed E-state index contributed by atoms with van der Waals surface area (Å²) in [5.74, 6) is 3.71. The lowest BCUT2D eigenvalue weighted by molar-refractivity contribution is 0.387. The van der Waals surface area contributed by atoms with Crippen molar-refractivity contribution in [2.75, 3.05) is 24.2 Å². The Bertz CT molecular complexity index is 517. The standard InChI is InChI=1S/C12H18N6O/c1-4-9-16-11(13-3)7-12(17-9)14-6-5-10-15-8(2)19-18-10/h7H,4-6H2,1-3H3,(H2,13,14,16,17). The fourth-order valence-corrected chi connectivity index (χ4v) is 1.62. The van der Waals surface area contributed by atoms with E-state index >= 15 is 0 Å².